The SMILES string of the molecule is CN(CC(C)(C)C)C1CC(C(C)(C)C)CCC1N. The highest BCUT2D eigenvalue weighted by Crippen LogP contribution is 2.39. The number of likely N-dealkylation sites (N-methyl/N-ethyl adjacent to an activating group) is 1. The zero-order valence-corrected chi connectivity index (χ0v) is 13.6. The minimum absolute atomic E-state index is 0.350. The number of hydrogen-bond acceptors (Lipinski definition) is 2. The van der Waals surface area contributed by atoms with Gasteiger partial charge in [-0.15, -0.1) is 0 Å². The van der Waals surface area contributed by atoms with E-state index in [2.05, 4.69) is 53.5 Å². The van der Waals surface area contributed by atoms with Gasteiger partial charge in [0, 0.05) is 18.6 Å². The van der Waals surface area contributed by atoms with Gasteiger partial charge < -0.3 is 10.6 Å². The lowest BCUT2D eigenvalue weighted by Crippen LogP contribution is -2.52. The Labute approximate surface area is 114 Å². The van der Waals surface area contributed by atoms with E-state index in [1.54, 1.807) is 0 Å². The van der Waals surface area contributed by atoms with E-state index in [0.29, 0.717) is 22.9 Å². The van der Waals surface area contributed by atoms with E-state index in [9.17, 15) is 0 Å². The minimum atomic E-state index is 0.350. The zero-order valence-electron chi connectivity index (χ0n) is 13.6. The molecule has 108 valence electrons. The fourth-order valence-corrected chi connectivity index (χ4v) is 3.33. The van der Waals surface area contributed by atoms with Crippen LogP contribution in [0.1, 0.15) is 60.8 Å². The van der Waals surface area contributed by atoms with Gasteiger partial charge in [-0.25, -0.2) is 0 Å². The first kappa shape index (κ1) is 16.0. The molecule has 3 unspecified atom stereocenters. The number of rotatable bonds is 2. The van der Waals surface area contributed by atoms with Crippen molar-refractivity contribution in [2.24, 2.45) is 22.5 Å². The van der Waals surface area contributed by atoms with E-state index in [1.807, 2.05) is 0 Å². The van der Waals surface area contributed by atoms with Crippen LogP contribution in [0.25, 0.3) is 0 Å². The number of hydrogen-bond donors (Lipinski definition) is 1. The molecule has 0 aromatic rings. The van der Waals surface area contributed by atoms with Gasteiger partial charge in [-0.3, -0.25) is 0 Å². The van der Waals surface area contributed by atoms with E-state index in [4.69, 9.17) is 5.73 Å². The summed E-state index contributed by atoms with van der Waals surface area (Å²) in [5.41, 5.74) is 7.13. The molecule has 1 fully saturated rings. The molecule has 0 bridgehead atoms. The van der Waals surface area contributed by atoms with Gasteiger partial charge in [-0.05, 0) is 43.1 Å². The lowest BCUT2D eigenvalue weighted by molar-refractivity contribution is 0.0665. The van der Waals surface area contributed by atoms with Crippen molar-refractivity contribution in [2.75, 3.05) is 13.6 Å². The third kappa shape index (κ3) is 4.55. The second kappa shape index (κ2) is 5.50. The molecular formula is C16H34N2. The van der Waals surface area contributed by atoms with E-state index < -0.39 is 0 Å². The molecule has 1 aliphatic carbocycles. The first-order valence-electron chi connectivity index (χ1n) is 7.46. The van der Waals surface area contributed by atoms with Gasteiger partial charge in [0.25, 0.3) is 0 Å². The van der Waals surface area contributed by atoms with Crippen molar-refractivity contribution in [3.63, 3.8) is 0 Å². The van der Waals surface area contributed by atoms with E-state index in [-0.39, 0.29) is 0 Å². The average Bonchev–Trinajstić information content (AvgIpc) is 2.13. The third-order valence-corrected chi connectivity index (χ3v) is 4.38. The molecule has 2 N–H and O–H groups in total. The Morgan fingerprint density at radius 3 is 2.06 bits per heavy atom. The van der Waals surface area contributed by atoms with E-state index in [1.165, 1.54) is 19.3 Å². The summed E-state index contributed by atoms with van der Waals surface area (Å²) >= 11 is 0. The summed E-state index contributed by atoms with van der Waals surface area (Å²) in [7, 11) is 2.25. The maximum absolute atomic E-state index is 6.36. The lowest BCUT2D eigenvalue weighted by Gasteiger charge is -2.45. The molecule has 0 aliphatic heterocycles. The highest BCUT2D eigenvalue weighted by atomic mass is 15.2. The molecular weight excluding hydrogens is 220 g/mol. The molecule has 0 aromatic heterocycles. The highest BCUT2D eigenvalue weighted by molar-refractivity contribution is 4.92. The van der Waals surface area contributed by atoms with Gasteiger partial charge in [-0.2, -0.15) is 0 Å². The molecule has 1 aliphatic rings. The topological polar surface area (TPSA) is 29.3 Å². The second-order valence-corrected chi connectivity index (χ2v) is 8.58. The Morgan fingerprint density at radius 2 is 1.61 bits per heavy atom. The van der Waals surface area contributed by atoms with Crippen molar-refractivity contribution in [1.29, 1.82) is 0 Å². The summed E-state index contributed by atoms with van der Waals surface area (Å²) in [4.78, 5) is 2.50. The van der Waals surface area contributed by atoms with Crippen LogP contribution >= 0.6 is 0 Å². The molecule has 2 heteroatoms. The summed E-state index contributed by atoms with van der Waals surface area (Å²) in [6, 6.07) is 0.915. The maximum Gasteiger partial charge on any atom is 0.0247 e. The summed E-state index contributed by atoms with van der Waals surface area (Å²) in [5, 5.41) is 0. The first-order valence-corrected chi connectivity index (χ1v) is 7.46. The first-order chi connectivity index (χ1) is 8.00. The van der Waals surface area contributed by atoms with Crippen molar-refractivity contribution in [2.45, 2.75) is 72.9 Å². The summed E-state index contributed by atoms with van der Waals surface area (Å²) in [6.07, 6.45) is 3.74. The molecule has 0 radical (unpaired) electrons. The van der Waals surface area contributed by atoms with Crippen LogP contribution in [-0.2, 0) is 0 Å². The Hall–Kier alpha value is -0.0800. The molecule has 18 heavy (non-hydrogen) atoms. The fourth-order valence-electron chi connectivity index (χ4n) is 3.33. The van der Waals surface area contributed by atoms with Gasteiger partial charge in [-0.1, -0.05) is 41.5 Å². The van der Waals surface area contributed by atoms with Gasteiger partial charge in [0.2, 0.25) is 0 Å². The van der Waals surface area contributed by atoms with Crippen LogP contribution in [0.15, 0.2) is 0 Å². The smallest absolute Gasteiger partial charge is 0.0247 e. The molecule has 0 saturated heterocycles. The normalized spacial score (nSPS) is 30.8. The lowest BCUT2D eigenvalue weighted by atomic mass is 9.69. The van der Waals surface area contributed by atoms with Gasteiger partial charge in [0.1, 0.15) is 0 Å². The van der Waals surface area contributed by atoms with Gasteiger partial charge in [0.05, 0.1) is 0 Å². The number of nitrogens with two attached hydrogens (primary N) is 1. The molecule has 0 amide bonds. The molecule has 2 nitrogen and oxygen atoms in total. The summed E-state index contributed by atoms with van der Waals surface area (Å²) in [5.74, 6) is 0.810. The molecule has 3 atom stereocenters. The van der Waals surface area contributed by atoms with Crippen molar-refractivity contribution in [1.82, 2.24) is 4.90 Å². The van der Waals surface area contributed by atoms with E-state index in [0.717, 1.165) is 12.5 Å². The van der Waals surface area contributed by atoms with Crippen LogP contribution in [0.4, 0.5) is 0 Å². The monoisotopic (exact) mass is 254 g/mol. The molecule has 1 saturated carbocycles. The largest absolute Gasteiger partial charge is 0.326 e. The predicted molar refractivity (Wildman–Crippen MR) is 80.6 cm³/mol. The Morgan fingerprint density at radius 1 is 1.06 bits per heavy atom. The third-order valence-electron chi connectivity index (χ3n) is 4.38. The summed E-state index contributed by atoms with van der Waals surface area (Å²) < 4.78 is 0. The Kier molecular flexibility index (Phi) is 4.88. The minimum Gasteiger partial charge on any atom is -0.326 e. The Balaban J connectivity index is 2.68. The summed E-state index contributed by atoms with van der Waals surface area (Å²) in [6.45, 7) is 15.2. The van der Waals surface area contributed by atoms with Crippen molar-refractivity contribution < 1.29 is 0 Å². The standard InChI is InChI=1S/C16H34N2/c1-15(2,3)11-18(7)14-10-12(16(4,5)6)8-9-13(14)17/h12-14H,8-11,17H2,1-7H3. The Bertz CT molecular complexity index is 259. The molecule has 0 heterocycles. The van der Waals surface area contributed by atoms with Crippen LogP contribution in [0.5, 0.6) is 0 Å². The fraction of sp³-hybridized carbons (Fsp3) is 1.00. The van der Waals surface area contributed by atoms with Crippen LogP contribution < -0.4 is 5.73 Å². The quantitative estimate of drug-likeness (QED) is 0.817. The molecule has 0 spiro atoms. The van der Waals surface area contributed by atoms with Gasteiger partial charge in [0.15, 0.2) is 0 Å². The van der Waals surface area contributed by atoms with Crippen LogP contribution in [-0.4, -0.2) is 30.6 Å². The van der Waals surface area contributed by atoms with Gasteiger partial charge >= 0.3 is 0 Å². The second-order valence-electron chi connectivity index (χ2n) is 8.58. The van der Waals surface area contributed by atoms with E-state index >= 15 is 0 Å². The predicted octanol–water partition coefficient (Wildman–Crippen LogP) is 3.51. The number of nitrogens with zero attached hydrogens (tertiary/aromatic N) is 1. The highest BCUT2D eigenvalue weighted by Gasteiger charge is 2.36. The average molecular weight is 254 g/mol. The van der Waals surface area contributed by atoms with Crippen molar-refractivity contribution in [3.05, 3.63) is 0 Å². The molecule has 1 rings (SSSR count). The van der Waals surface area contributed by atoms with Crippen LogP contribution in [0.2, 0.25) is 0 Å². The van der Waals surface area contributed by atoms with Crippen LogP contribution in [0, 0.1) is 16.7 Å². The van der Waals surface area contributed by atoms with Crippen molar-refractivity contribution in [3.8, 4) is 0 Å². The van der Waals surface area contributed by atoms with Crippen LogP contribution in [0.3, 0.4) is 0 Å². The zero-order chi connectivity index (χ0) is 14.1. The molecule has 0 aromatic carbocycles. The maximum atomic E-state index is 6.36. The van der Waals surface area contributed by atoms with Crippen molar-refractivity contribution >= 4 is 0 Å².